The lowest BCUT2D eigenvalue weighted by Crippen LogP contribution is -2.44. The number of nitrogens with one attached hydrogen (secondary N) is 6. The summed E-state index contributed by atoms with van der Waals surface area (Å²) in [7, 11) is 0. The molecule has 1 unspecified atom stereocenters. The van der Waals surface area contributed by atoms with Crippen molar-refractivity contribution in [3.8, 4) is 5.75 Å². The van der Waals surface area contributed by atoms with E-state index in [1.165, 1.54) is 0 Å². The second kappa shape index (κ2) is 12.2. The summed E-state index contributed by atoms with van der Waals surface area (Å²) in [5.74, 6) is -0.950. The van der Waals surface area contributed by atoms with E-state index in [9.17, 15) is 24.3 Å². The number of aromatic nitrogens is 3. The highest BCUT2D eigenvalue weighted by molar-refractivity contribution is 6.19. The first-order valence-corrected chi connectivity index (χ1v) is 16.4. The van der Waals surface area contributed by atoms with Gasteiger partial charge in [-0.05, 0) is 87.4 Å². The third-order valence-electron chi connectivity index (χ3n) is 8.60. The molecule has 0 spiro atoms. The molecule has 0 saturated carbocycles. The molecule has 4 amide bonds. The zero-order chi connectivity index (χ0) is 35.5. The van der Waals surface area contributed by atoms with E-state index in [1.807, 2.05) is 13.1 Å². The number of aryl methyl sites for hydroxylation is 1. The Bertz CT molecular complexity index is 2370. The Balaban J connectivity index is 1.06. The van der Waals surface area contributed by atoms with Crippen LogP contribution in [-0.4, -0.2) is 61.9 Å². The summed E-state index contributed by atoms with van der Waals surface area (Å²) in [6.45, 7) is 7.45. The smallest absolute Gasteiger partial charge is 0.426 e. The lowest BCUT2D eigenvalue weighted by Gasteiger charge is -2.19. The summed E-state index contributed by atoms with van der Waals surface area (Å²) in [5, 5.41) is 15.8. The third-order valence-corrected chi connectivity index (χ3v) is 8.97. The Kier molecular flexibility index (Phi) is 7.94. The number of hydrogen-bond acceptors (Lipinski definition) is 6. The molecule has 1 aliphatic rings. The number of phenols is 1. The lowest BCUT2D eigenvalue weighted by molar-refractivity contribution is 0.0483. The molecular formula is C36H34ClN7O6. The molecule has 0 aliphatic carbocycles. The maximum Gasteiger partial charge on any atom is 0.426 e. The van der Waals surface area contributed by atoms with Crippen molar-refractivity contribution in [1.29, 1.82) is 0 Å². The summed E-state index contributed by atoms with van der Waals surface area (Å²) in [6, 6.07) is 15.1. The van der Waals surface area contributed by atoms with Gasteiger partial charge < -0.3 is 35.0 Å². The van der Waals surface area contributed by atoms with Gasteiger partial charge in [-0.3, -0.25) is 19.8 Å². The van der Waals surface area contributed by atoms with E-state index in [4.69, 9.17) is 16.3 Å². The van der Waals surface area contributed by atoms with Crippen molar-refractivity contribution in [2.45, 2.75) is 39.2 Å². The van der Waals surface area contributed by atoms with Crippen LogP contribution in [0.2, 0.25) is 0 Å². The number of carbonyl (C=O) groups is 4. The quantitative estimate of drug-likeness (QED) is 0.0792. The number of hydrazine groups is 1. The van der Waals surface area contributed by atoms with Crippen LogP contribution in [0.3, 0.4) is 0 Å². The fourth-order valence-electron chi connectivity index (χ4n) is 6.39. The minimum Gasteiger partial charge on any atom is -0.506 e. The number of H-pyrrole nitrogens is 3. The first-order valence-electron chi connectivity index (χ1n) is 15.9. The van der Waals surface area contributed by atoms with Crippen LogP contribution >= 0.6 is 11.6 Å². The van der Waals surface area contributed by atoms with E-state index in [0.717, 1.165) is 16.5 Å². The molecule has 0 fully saturated rings. The number of benzene rings is 3. The van der Waals surface area contributed by atoms with Crippen molar-refractivity contribution in [2.75, 3.05) is 22.6 Å². The molecule has 0 saturated heterocycles. The first-order chi connectivity index (χ1) is 23.8. The molecule has 256 valence electrons. The van der Waals surface area contributed by atoms with Crippen molar-refractivity contribution < 1.29 is 29.0 Å². The number of phenolic OH excluding ortho intramolecular Hbond substituents is 1. The molecule has 1 atom stereocenters. The number of carbonyl (C=O) groups excluding carboxylic acids is 4. The number of halogens is 1. The van der Waals surface area contributed by atoms with Gasteiger partial charge in [0.2, 0.25) is 0 Å². The third kappa shape index (κ3) is 5.96. The van der Waals surface area contributed by atoms with Gasteiger partial charge in [0.1, 0.15) is 22.7 Å². The zero-order valence-electron chi connectivity index (χ0n) is 27.6. The van der Waals surface area contributed by atoms with Gasteiger partial charge in [-0.1, -0.05) is 0 Å². The SMILES string of the molecule is Cc1c[nH]c2c(O)cc3c(c12)C(CCl)CN3C(=O)c1cc2cc(NC(=O)c3cc4cc(C(=O)NNC(=O)OC(C)(C)C)ccc4[nH]3)ccc2[nH]1. The molecule has 4 heterocycles. The van der Waals surface area contributed by atoms with Gasteiger partial charge in [0.15, 0.2) is 0 Å². The van der Waals surface area contributed by atoms with Crippen LogP contribution in [0.4, 0.5) is 16.2 Å². The number of ether oxygens (including phenoxy) is 1. The first kappa shape index (κ1) is 32.6. The molecule has 50 heavy (non-hydrogen) atoms. The highest BCUT2D eigenvalue weighted by Gasteiger charge is 2.36. The highest BCUT2D eigenvalue weighted by Crippen LogP contribution is 2.46. The minimum atomic E-state index is -0.791. The van der Waals surface area contributed by atoms with Gasteiger partial charge in [0.05, 0.1) is 11.2 Å². The highest BCUT2D eigenvalue weighted by atomic mass is 35.5. The Hall–Kier alpha value is -5.95. The number of aromatic amines is 3. The zero-order valence-corrected chi connectivity index (χ0v) is 28.3. The van der Waals surface area contributed by atoms with E-state index >= 15 is 0 Å². The summed E-state index contributed by atoms with van der Waals surface area (Å²) >= 11 is 6.37. The molecule has 3 aromatic carbocycles. The van der Waals surface area contributed by atoms with Crippen LogP contribution in [-0.2, 0) is 4.74 Å². The maximum absolute atomic E-state index is 13.9. The average molecular weight is 696 g/mol. The van der Waals surface area contributed by atoms with Gasteiger partial charge in [0, 0.05) is 69.0 Å². The van der Waals surface area contributed by atoms with Crippen LogP contribution in [0.15, 0.2) is 60.8 Å². The van der Waals surface area contributed by atoms with Crippen LogP contribution in [0.1, 0.15) is 69.2 Å². The van der Waals surface area contributed by atoms with Crippen LogP contribution in [0, 0.1) is 6.92 Å². The molecular weight excluding hydrogens is 662 g/mol. The van der Waals surface area contributed by atoms with Crippen molar-refractivity contribution >= 4 is 79.5 Å². The number of amides is 4. The second-order valence-electron chi connectivity index (χ2n) is 13.3. The Morgan fingerprint density at radius 1 is 0.940 bits per heavy atom. The minimum absolute atomic E-state index is 0.0606. The molecule has 1 aliphatic heterocycles. The summed E-state index contributed by atoms with van der Waals surface area (Å²) in [6.07, 6.45) is 1.04. The monoisotopic (exact) mass is 695 g/mol. The lowest BCUT2D eigenvalue weighted by atomic mass is 9.97. The van der Waals surface area contributed by atoms with E-state index in [1.54, 1.807) is 80.3 Å². The number of anilines is 2. The molecule has 0 bridgehead atoms. The number of fused-ring (bicyclic) bond motifs is 5. The van der Waals surface area contributed by atoms with Crippen LogP contribution in [0.5, 0.6) is 5.75 Å². The number of nitrogens with zero attached hydrogens (tertiary/aromatic N) is 1. The average Bonchev–Trinajstić information content (AvgIpc) is 3.85. The summed E-state index contributed by atoms with van der Waals surface area (Å²) in [5.41, 5.74) is 9.70. The van der Waals surface area contributed by atoms with Gasteiger partial charge >= 0.3 is 6.09 Å². The van der Waals surface area contributed by atoms with Crippen LogP contribution in [0.25, 0.3) is 32.7 Å². The molecule has 14 heteroatoms. The molecule has 3 aromatic heterocycles. The van der Waals surface area contributed by atoms with Gasteiger partial charge in [-0.2, -0.15) is 0 Å². The molecule has 6 aromatic rings. The summed E-state index contributed by atoms with van der Waals surface area (Å²) in [4.78, 5) is 62.6. The van der Waals surface area contributed by atoms with Crippen molar-refractivity contribution in [1.82, 2.24) is 25.8 Å². The van der Waals surface area contributed by atoms with Crippen molar-refractivity contribution in [3.05, 3.63) is 88.9 Å². The normalized spacial score (nSPS) is 14.3. The number of aromatic hydroxyl groups is 1. The van der Waals surface area contributed by atoms with Gasteiger partial charge in [-0.15, -0.1) is 11.6 Å². The fraction of sp³-hybridized carbons (Fsp3) is 0.222. The van der Waals surface area contributed by atoms with Crippen LogP contribution < -0.4 is 21.1 Å². The van der Waals surface area contributed by atoms with E-state index in [-0.39, 0.29) is 28.8 Å². The number of rotatable bonds is 5. The van der Waals surface area contributed by atoms with Gasteiger partial charge in [0.25, 0.3) is 17.7 Å². The summed E-state index contributed by atoms with van der Waals surface area (Å²) < 4.78 is 5.12. The molecule has 13 nitrogen and oxygen atoms in total. The molecule has 0 radical (unpaired) electrons. The maximum atomic E-state index is 13.9. The fourth-order valence-corrected chi connectivity index (χ4v) is 6.64. The predicted molar refractivity (Wildman–Crippen MR) is 191 cm³/mol. The number of hydrogen-bond donors (Lipinski definition) is 7. The van der Waals surface area contributed by atoms with E-state index < -0.39 is 23.5 Å². The Labute approximate surface area is 290 Å². The molecule has 7 rings (SSSR count). The standard InChI is InChI=1S/C36H34ClN7O6/c1-17-15-38-31-28(45)13-27-30(29(17)31)21(14-37)16-44(27)34(48)26-12-20-10-22(6-8-24(20)41-26)39-33(47)25-11-19-9-18(5-7-23(19)40-25)32(46)42-43-35(49)50-36(2,3)4/h5-13,15,21,38,40-41,45H,14,16H2,1-4H3,(H,39,47)(H,42,46)(H,43,49). The van der Waals surface area contributed by atoms with Crippen molar-refractivity contribution in [3.63, 3.8) is 0 Å². The van der Waals surface area contributed by atoms with E-state index in [2.05, 4.69) is 31.1 Å². The number of alkyl halides is 1. The molecule has 7 N–H and O–H groups in total. The largest absolute Gasteiger partial charge is 0.506 e. The predicted octanol–water partition coefficient (Wildman–Crippen LogP) is 6.55. The Morgan fingerprint density at radius 2 is 1.64 bits per heavy atom. The van der Waals surface area contributed by atoms with Crippen molar-refractivity contribution in [2.24, 2.45) is 0 Å². The Morgan fingerprint density at radius 3 is 2.38 bits per heavy atom. The van der Waals surface area contributed by atoms with Gasteiger partial charge in [-0.25, -0.2) is 10.2 Å². The topological polar surface area (TPSA) is 184 Å². The second-order valence-corrected chi connectivity index (χ2v) is 13.6. The van der Waals surface area contributed by atoms with E-state index in [0.29, 0.717) is 56.8 Å².